The van der Waals surface area contributed by atoms with E-state index in [2.05, 4.69) is 30.9 Å². The monoisotopic (exact) mass is 658 g/mol. The first-order valence-electron chi connectivity index (χ1n) is 15.6. The van der Waals surface area contributed by atoms with Crippen molar-refractivity contribution in [2.75, 3.05) is 11.4 Å². The van der Waals surface area contributed by atoms with Crippen molar-refractivity contribution in [2.45, 2.75) is 64.5 Å². The summed E-state index contributed by atoms with van der Waals surface area (Å²) >= 11 is 6.34. The molecule has 0 spiro atoms. The summed E-state index contributed by atoms with van der Waals surface area (Å²) in [5.74, 6) is -0.471. The van der Waals surface area contributed by atoms with Crippen LogP contribution in [0.5, 0.6) is 0 Å². The van der Waals surface area contributed by atoms with Crippen molar-refractivity contribution in [3.63, 3.8) is 0 Å². The van der Waals surface area contributed by atoms with Crippen LogP contribution in [0.4, 0.5) is 10.5 Å². The third-order valence-corrected chi connectivity index (χ3v) is 8.52. The number of tetrazole rings is 1. The maximum Gasteiger partial charge on any atom is 0.407 e. The number of benzene rings is 2. The number of aromatic amines is 1. The number of nitrogens with zero attached hydrogens (tertiary/aromatic N) is 5. The summed E-state index contributed by atoms with van der Waals surface area (Å²) in [6.07, 6.45) is 5.75. The van der Waals surface area contributed by atoms with E-state index in [1.807, 2.05) is 51.1 Å². The molecule has 2 heterocycles. The zero-order chi connectivity index (χ0) is 33.6. The molecule has 12 nitrogen and oxygen atoms in total. The number of carbonyl (C=O) groups is 3. The predicted octanol–water partition coefficient (Wildman–Crippen LogP) is 5.34. The van der Waals surface area contributed by atoms with Crippen molar-refractivity contribution in [3.8, 4) is 22.5 Å². The minimum absolute atomic E-state index is 0.167. The van der Waals surface area contributed by atoms with Gasteiger partial charge in [-0.15, -0.1) is 10.2 Å². The fourth-order valence-corrected chi connectivity index (χ4v) is 6.07. The van der Waals surface area contributed by atoms with Gasteiger partial charge in [-0.25, -0.2) is 4.79 Å². The van der Waals surface area contributed by atoms with E-state index in [1.165, 1.54) is 0 Å². The van der Waals surface area contributed by atoms with E-state index in [4.69, 9.17) is 22.1 Å². The average Bonchev–Trinajstić information content (AvgIpc) is 3.59. The highest BCUT2D eigenvalue weighted by Gasteiger charge is 2.36. The third-order valence-electron chi connectivity index (χ3n) is 8.22. The molecule has 5 rings (SSSR count). The summed E-state index contributed by atoms with van der Waals surface area (Å²) in [4.78, 5) is 45.2. The number of hydrogen-bond donors (Lipinski definition) is 3. The molecule has 0 aliphatic heterocycles. The van der Waals surface area contributed by atoms with Crippen LogP contribution in [0, 0.1) is 11.8 Å². The Labute approximate surface area is 278 Å². The molecule has 0 bridgehead atoms. The molecule has 47 heavy (non-hydrogen) atoms. The van der Waals surface area contributed by atoms with Crippen LogP contribution in [0.3, 0.4) is 0 Å². The molecule has 1 aliphatic carbocycles. The summed E-state index contributed by atoms with van der Waals surface area (Å²) in [6.45, 7) is 5.94. The molecule has 4 N–H and O–H groups in total. The zero-order valence-corrected chi connectivity index (χ0v) is 27.4. The van der Waals surface area contributed by atoms with Gasteiger partial charge in [0, 0.05) is 48.1 Å². The fraction of sp³-hybridized carbons (Fsp3) is 0.382. The summed E-state index contributed by atoms with van der Waals surface area (Å²) in [5, 5.41) is 17.5. The Balaban J connectivity index is 1.35. The summed E-state index contributed by atoms with van der Waals surface area (Å²) in [6, 6.07) is 15.7. The number of nitrogens with one attached hydrogen (secondary N) is 2. The molecule has 2 aromatic carbocycles. The lowest BCUT2D eigenvalue weighted by Gasteiger charge is -2.36. The minimum atomic E-state index is -0.944. The molecule has 13 heteroatoms. The number of rotatable bonds is 10. The molecular weight excluding hydrogens is 620 g/mol. The van der Waals surface area contributed by atoms with Crippen molar-refractivity contribution >= 4 is 35.2 Å². The van der Waals surface area contributed by atoms with Crippen LogP contribution >= 0.6 is 11.6 Å². The standard InChI is InChI=1S/C34H39ClN8O4/c1-34(2,3)47-33(46)38-19-22-6-10-25(11-7-22)32(45)43(26-14-12-24(13-15-26)31-39-41-42-40-31)29(30(36)44)18-21-4-8-23(9-5-21)27-16-17-37-20-28(27)35/h4-5,8-9,12-17,20,22,25,29H,6-7,10-11,18-19H2,1-3H3,(H2,36,44)(H,38,46)(H,39,40,41,42)/t22?,25?,29-/m0/s1. The molecule has 1 fully saturated rings. The number of hydrogen-bond acceptors (Lipinski definition) is 8. The minimum Gasteiger partial charge on any atom is -0.444 e. The summed E-state index contributed by atoms with van der Waals surface area (Å²) < 4.78 is 5.36. The van der Waals surface area contributed by atoms with Crippen LogP contribution in [-0.2, 0) is 20.7 Å². The van der Waals surface area contributed by atoms with Gasteiger partial charge >= 0.3 is 6.09 Å². The van der Waals surface area contributed by atoms with Gasteiger partial charge in [0.2, 0.25) is 17.6 Å². The van der Waals surface area contributed by atoms with Crippen molar-refractivity contribution in [1.82, 2.24) is 30.9 Å². The van der Waals surface area contributed by atoms with Gasteiger partial charge in [0.05, 0.1) is 5.02 Å². The highest BCUT2D eigenvalue weighted by atomic mass is 35.5. The van der Waals surface area contributed by atoms with Gasteiger partial charge in [-0.05, 0) is 99.0 Å². The molecule has 3 amide bonds. The van der Waals surface area contributed by atoms with Gasteiger partial charge in [0.1, 0.15) is 11.6 Å². The van der Waals surface area contributed by atoms with Crippen LogP contribution < -0.4 is 16.0 Å². The first kappa shape index (κ1) is 33.5. The number of alkyl carbamates (subject to hydrolysis) is 1. The van der Waals surface area contributed by atoms with Crippen molar-refractivity contribution in [3.05, 3.63) is 77.6 Å². The second-order valence-electron chi connectivity index (χ2n) is 12.8. The van der Waals surface area contributed by atoms with Crippen molar-refractivity contribution < 1.29 is 19.1 Å². The number of pyridine rings is 1. The number of amides is 3. The molecule has 0 unspecified atom stereocenters. The number of primary amides is 1. The van der Waals surface area contributed by atoms with Gasteiger partial charge in [-0.3, -0.25) is 19.5 Å². The van der Waals surface area contributed by atoms with E-state index in [0.717, 1.165) is 29.5 Å². The highest BCUT2D eigenvalue weighted by Crippen LogP contribution is 2.34. The topological polar surface area (TPSA) is 169 Å². The Morgan fingerprint density at radius 3 is 2.30 bits per heavy atom. The van der Waals surface area contributed by atoms with E-state index < -0.39 is 23.6 Å². The lowest BCUT2D eigenvalue weighted by molar-refractivity contribution is -0.127. The third kappa shape index (κ3) is 8.70. The Bertz CT molecular complexity index is 1670. The molecule has 246 valence electrons. The second kappa shape index (κ2) is 14.7. The zero-order valence-electron chi connectivity index (χ0n) is 26.6. The van der Waals surface area contributed by atoms with E-state index in [-0.39, 0.29) is 24.2 Å². The number of aromatic nitrogens is 5. The smallest absolute Gasteiger partial charge is 0.407 e. The first-order valence-corrected chi connectivity index (χ1v) is 16.0. The van der Waals surface area contributed by atoms with Crippen LogP contribution in [0.2, 0.25) is 5.02 Å². The molecule has 1 saturated carbocycles. The van der Waals surface area contributed by atoms with Crippen molar-refractivity contribution in [2.24, 2.45) is 17.6 Å². The number of nitrogens with two attached hydrogens (primary N) is 1. The number of halogens is 1. The van der Waals surface area contributed by atoms with Crippen molar-refractivity contribution in [1.29, 1.82) is 0 Å². The normalized spacial score (nSPS) is 17.0. The molecular formula is C34H39ClN8O4. The Morgan fingerprint density at radius 2 is 1.70 bits per heavy atom. The summed E-state index contributed by atoms with van der Waals surface area (Å²) in [7, 11) is 0. The van der Waals surface area contributed by atoms with Gasteiger partial charge in [-0.1, -0.05) is 35.9 Å². The van der Waals surface area contributed by atoms with E-state index in [1.54, 1.807) is 41.6 Å². The molecule has 4 aromatic rings. The quantitative estimate of drug-likeness (QED) is 0.205. The fourth-order valence-electron chi connectivity index (χ4n) is 5.84. The number of carbonyl (C=O) groups excluding carboxylic acids is 3. The van der Waals surface area contributed by atoms with Crippen LogP contribution in [-0.4, -0.2) is 61.7 Å². The van der Waals surface area contributed by atoms with E-state index >= 15 is 0 Å². The SMILES string of the molecule is CC(C)(C)OC(=O)NCC1CCC(C(=O)N(c2ccc(-c3nn[nH]n3)cc2)[C@@H](Cc2ccc(-c3ccncc3Cl)cc2)C(N)=O)CC1. The number of ether oxygens (including phenoxy) is 1. The lowest BCUT2D eigenvalue weighted by Crippen LogP contribution is -2.52. The molecule has 0 radical (unpaired) electrons. The molecule has 2 aromatic heterocycles. The molecule has 1 aliphatic rings. The van der Waals surface area contributed by atoms with Gasteiger partial charge in [0.25, 0.3) is 0 Å². The Morgan fingerprint density at radius 1 is 1.02 bits per heavy atom. The van der Waals surface area contributed by atoms with Gasteiger partial charge in [0.15, 0.2) is 0 Å². The molecule has 0 saturated heterocycles. The second-order valence-corrected chi connectivity index (χ2v) is 13.2. The first-order chi connectivity index (χ1) is 22.5. The Hall–Kier alpha value is -4.84. The predicted molar refractivity (Wildman–Crippen MR) is 178 cm³/mol. The van der Waals surface area contributed by atoms with Crippen LogP contribution in [0.25, 0.3) is 22.5 Å². The lowest BCUT2D eigenvalue weighted by atomic mass is 9.81. The number of anilines is 1. The van der Waals surface area contributed by atoms with Crippen LogP contribution in [0.15, 0.2) is 67.0 Å². The summed E-state index contributed by atoms with van der Waals surface area (Å²) in [5.41, 5.74) is 9.28. The maximum absolute atomic E-state index is 14.3. The van der Waals surface area contributed by atoms with Gasteiger partial charge in [-0.2, -0.15) is 5.21 Å². The van der Waals surface area contributed by atoms with Crippen LogP contribution in [0.1, 0.15) is 52.0 Å². The Kier molecular flexibility index (Phi) is 10.5. The van der Waals surface area contributed by atoms with Gasteiger partial charge < -0.3 is 15.8 Å². The largest absolute Gasteiger partial charge is 0.444 e. The maximum atomic E-state index is 14.3. The van der Waals surface area contributed by atoms with E-state index in [0.29, 0.717) is 41.5 Å². The van der Waals surface area contributed by atoms with E-state index in [9.17, 15) is 14.4 Å². The number of H-pyrrole nitrogens is 1. The molecule has 1 atom stereocenters. The highest BCUT2D eigenvalue weighted by molar-refractivity contribution is 6.33. The average molecular weight is 659 g/mol.